The summed E-state index contributed by atoms with van der Waals surface area (Å²) in [6.45, 7) is 5.83. The van der Waals surface area contributed by atoms with Gasteiger partial charge in [-0.3, -0.25) is 9.10 Å². The molecule has 1 unspecified atom stereocenters. The Morgan fingerprint density at radius 2 is 1.97 bits per heavy atom. The van der Waals surface area contributed by atoms with Crippen molar-refractivity contribution in [2.75, 3.05) is 30.8 Å². The lowest BCUT2D eigenvalue weighted by molar-refractivity contribution is -0.120. The van der Waals surface area contributed by atoms with Crippen LogP contribution in [0.4, 0.5) is 5.69 Å². The molecule has 32 heavy (non-hydrogen) atoms. The first-order chi connectivity index (χ1) is 15.0. The summed E-state index contributed by atoms with van der Waals surface area (Å²) in [6, 6.07) is 11.8. The van der Waals surface area contributed by atoms with Crippen molar-refractivity contribution in [3.05, 3.63) is 48.0 Å². The van der Waals surface area contributed by atoms with E-state index in [1.54, 1.807) is 37.4 Å². The van der Waals surface area contributed by atoms with Crippen LogP contribution in [0, 0.1) is 0 Å². The minimum Gasteiger partial charge on any atom is -0.497 e. The lowest BCUT2D eigenvalue weighted by atomic mass is 9.89. The summed E-state index contributed by atoms with van der Waals surface area (Å²) in [5.74, 6) is 1.42. The van der Waals surface area contributed by atoms with Crippen LogP contribution in [0.25, 0.3) is 0 Å². The van der Waals surface area contributed by atoms with Gasteiger partial charge >= 0.3 is 0 Å². The molecule has 1 N–H and O–H groups in total. The van der Waals surface area contributed by atoms with Gasteiger partial charge in [0.2, 0.25) is 15.9 Å². The van der Waals surface area contributed by atoms with Gasteiger partial charge < -0.3 is 19.5 Å². The Balaban J connectivity index is 1.85. The Morgan fingerprint density at radius 3 is 2.62 bits per heavy atom. The highest BCUT2D eigenvalue weighted by Crippen LogP contribution is 2.41. The highest BCUT2D eigenvalue weighted by atomic mass is 32.2. The second kappa shape index (κ2) is 9.28. The number of methoxy groups -OCH3 is 1. The minimum atomic E-state index is -3.71. The third-order valence-corrected chi connectivity index (χ3v) is 6.25. The lowest BCUT2D eigenvalue weighted by Gasteiger charge is -2.38. The Hall–Kier alpha value is -2.94. The van der Waals surface area contributed by atoms with E-state index in [-0.39, 0.29) is 12.6 Å². The number of anilines is 1. The molecule has 3 rings (SSSR count). The first-order valence-electron chi connectivity index (χ1n) is 10.4. The van der Waals surface area contributed by atoms with E-state index >= 15 is 0 Å². The molecule has 9 heteroatoms. The van der Waals surface area contributed by atoms with E-state index < -0.39 is 21.5 Å². The Bertz CT molecular complexity index is 1080. The van der Waals surface area contributed by atoms with E-state index in [9.17, 15) is 13.2 Å². The standard InChI is InChI=1S/C23H30N2O6S/c1-6-30-18-9-7-8-16(12-18)25(32(5,27)28)15-22(26)24-20-14-23(2,3)31-21-11-10-17(29-4)13-19(20)21/h7-13,20H,6,14-15H2,1-5H3,(H,24,26). The van der Waals surface area contributed by atoms with Crippen LogP contribution in [-0.4, -0.2) is 46.4 Å². The van der Waals surface area contributed by atoms with Crippen molar-refractivity contribution >= 4 is 21.6 Å². The molecule has 0 spiro atoms. The molecule has 1 aliphatic rings. The highest BCUT2D eigenvalue weighted by molar-refractivity contribution is 7.92. The van der Waals surface area contributed by atoms with E-state index in [0.29, 0.717) is 36.0 Å². The van der Waals surface area contributed by atoms with Crippen LogP contribution < -0.4 is 23.8 Å². The first-order valence-corrected chi connectivity index (χ1v) is 12.2. The van der Waals surface area contributed by atoms with Crippen LogP contribution in [0.5, 0.6) is 17.2 Å². The molecule has 174 valence electrons. The zero-order valence-electron chi connectivity index (χ0n) is 19.0. The molecular weight excluding hydrogens is 432 g/mol. The number of benzene rings is 2. The second-order valence-corrected chi connectivity index (χ2v) is 10.2. The number of hydrogen-bond acceptors (Lipinski definition) is 6. The van der Waals surface area contributed by atoms with Gasteiger partial charge in [0.15, 0.2) is 0 Å². The molecule has 1 amide bonds. The van der Waals surface area contributed by atoms with Gasteiger partial charge in [-0.25, -0.2) is 8.42 Å². The van der Waals surface area contributed by atoms with Crippen LogP contribution in [0.15, 0.2) is 42.5 Å². The van der Waals surface area contributed by atoms with Crippen LogP contribution in [0.3, 0.4) is 0 Å². The number of fused-ring (bicyclic) bond motifs is 1. The highest BCUT2D eigenvalue weighted by Gasteiger charge is 2.35. The molecule has 2 aromatic rings. The van der Waals surface area contributed by atoms with Crippen LogP contribution >= 0.6 is 0 Å². The maximum Gasteiger partial charge on any atom is 0.241 e. The van der Waals surface area contributed by atoms with Gasteiger partial charge in [0.05, 0.1) is 31.7 Å². The number of amides is 1. The van der Waals surface area contributed by atoms with Gasteiger partial charge in [-0.15, -0.1) is 0 Å². The van der Waals surface area contributed by atoms with Gasteiger partial charge in [-0.05, 0) is 51.1 Å². The number of rotatable bonds is 8. The number of ether oxygens (including phenoxy) is 3. The number of nitrogens with zero attached hydrogens (tertiary/aromatic N) is 1. The number of sulfonamides is 1. The molecule has 0 saturated heterocycles. The summed E-state index contributed by atoms with van der Waals surface area (Å²) in [5.41, 5.74) is 0.659. The zero-order chi connectivity index (χ0) is 23.5. The fourth-order valence-corrected chi connectivity index (χ4v) is 4.60. The van der Waals surface area contributed by atoms with Crippen molar-refractivity contribution in [3.63, 3.8) is 0 Å². The molecule has 1 heterocycles. The smallest absolute Gasteiger partial charge is 0.241 e. The normalized spacial score (nSPS) is 17.0. The average molecular weight is 463 g/mol. The third kappa shape index (κ3) is 5.64. The van der Waals surface area contributed by atoms with E-state index in [0.717, 1.165) is 16.1 Å². The van der Waals surface area contributed by atoms with Crippen molar-refractivity contribution < 1.29 is 27.4 Å². The monoisotopic (exact) mass is 462 g/mol. The van der Waals surface area contributed by atoms with Gasteiger partial charge in [0, 0.05) is 18.1 Å². The van der Waals surface area contributed by atoms with Crippen molar-refractivity contribution in [2.45, 2.75) is 38.8 Å². The van der Waals surface area contributed by atoms with E-state index in [1.807, 2.05) is 32.9 Å². The Morgan fingerprint density at radius 1 is 1.22 bits per heavy atom. The number of nitrogens with one attached hydrogen (secondary N) is 1. The molecule has 2 aromatic carbocycles. The SMILES string of the molecule is CCOc1cccc(N(CC(=O)NC2CC(C)(C)Oc3ccc(OC)cc32)S(C)(=O)=O)c1. The summed E-state index contributed by atoms with van der Waals surface area (Å²) >= 11 is 0. The third-order valence-electron chi connectivity index (χ3n) is 5.11. The van der Waals surface area contributed by atoms with Crippen molar-refractivity contribution in [1.82, 2.24) is 5.32 Å². The molecular formula is C23H30N2O6S. The summed E-state index contributed by atoms with van der Waals surface area (Å²) < 4.78 is 42.9. The van der Waals surface area contributed by atoms with E-state index in [2.05, 4.69) is 5.32 Å². The van der Waals surface area contributed by atoms with Gasteiger partial charge in [0.1, 0.15) is 29.4 Å². The number of carbonyl (C=O) groups excluding carboxylic acids is 1. The molecule has 8 nitrogen and oxygen atoms in total. The first kappa shape index (κ1) is 23.7. The van der Waals surface area contributed by atoms with Crippen molar-refractivity contribution in [3.8, 4) is 17.2 Å². The molecule has 0 radical (unpaired) electrons. The maximum absolute atomic E-state index is 13.0. The lowest BCUT2D eigenvalue weighted by Crippen LogP contribution is -2.45. The molecule has 0 bridgehead atoms. The number of hydrogen-bond donors (Lipinski definition) is 1. The molecule has 0 fully saturated rings. The molecule has 0 saturated carbocycles. The fraction of sp³-hybridized carbons (Fsp3) is 0.435. The van der Waals surface area contributed by atoms with E-state index in [4.69, 9.17) is 14.2 Å². The van der Waals surface area contributed by atoms with Crippen LogP contribution in [0.1, 0.15) is 38.8 Å². The second-order valence-electron chi connectivity index (χ2n) is 8.29. The molecule has 0 aromatic heterocycles. The summed E-state index contributed by atoms with van der Waals surface area (Å²) in [7, 11) is -2.13. The average Bonchev–Trinajstić information content (AvgIpc) is 2.70. The van der Waals surface area contributed by atoms with Crippen molar-refractivity contribution in [1.29, 1.82) is 0 Å². The zero-order valence-corrected chi connectivity index (χ0v) is 19.9. The summed E-state index contributed by atoms with van der Waals surface area (Å²) in [4.78, 5) is 13.0. The molecule has 1 atom stereocenters. The van der Waals surface area contributed by atoms with Crippen molar-refractivity contribution in [2.24, 2.45) is 0 Å². The quantitative estimate of drug-likeness (QED) is 0.647. The Labute approximate surface area is 189 Å². The van der Waals surface area contributed by atoms with Gasteiger partial charge in [-0.2, -0.15) is 0 Å². The molecule has 1 aliphatic heterocycles. The fourth-order valence-electron chi connectivity index (χ4n) is 3.75. The van der Waals surface area contributed by atoms with Crippen LogP contribution in [-0.2, 0) is 14.8 Å². The largest absolute Gasteiger partial charge is 0.497 e. The van der Waals surface area contributed by atoms with Gasteiger partial charge in [0.25, 0.3) is 0 Å². The predicted molar refractivity (Wildman–Crippen MR) is 123 cm³/mol. The molecule has 0 aliphatic carbocycles. The van der Waals surface area contributed by atoms with E-state index in [1.165, 1.54) is 0 Å². The maximum atomic E-state index is 13.0. The topological polar surface area (TPSA) is 94.2 Å². The summed E-state index contributed by atoms with van der Waals surface area (Å²) in [6.07, 6.45) is 1.60. The summed E-state index contributed by atoms with van der Waals surface area (Å²) in [5, 5.41) is 2.98. The predicted octanol–water partition coefficient (Wildman–Crippen LogP) is 3.28. The number of carbonyl (C=O) groups is 1. The minimum absolute atomic E-state index is 0.354. The van der Waals surface area contributed by atoms with Gasteiger partial charge in [-0.1, -0.05) is 6.07 Å². The van der Waals surface area contributed by atoms with Crippen LogP contribution in [0.2, 0.25) is 0 Å². The Kier molecular flexibility index (Phi) is 6.88.